The summed E-state index contributed by atoms with van der Waals surface area (Å²) in [5.74, 6) is 1.73. The maximum Gasteiger partial charge on any atom is -0.0314 e. The molecular weight excluding hydrogens is 264 g/mol. The van der Waals surface area contributed by atoms with Crippen LogP contribution in [-0.4, -0.2) is 0 Å². The van der Waals surface area contributed by atoms with E-state index in [1.54, 1.807) is 5.57 Å². The van der Waals surface area contributed by atoms with Crippen LogP contribution in [0, 0.1) is 17.3 Å². The molecule has 0 aliphatic heterocycles. The van der Waals surface area contributed by atoms with Gasteiger partial charge in [0.1, 0.15) is 0 Å². The van der Waals surface area contributed by atoms with Gasteiger partial charge in [0.25, 0.3) is 0 Å². The highest BCUT2D eigenvalue weighted by atomic mass is 14.3. The molecule has 2 atom stereocenters. The molecule has 0 aromatic carbocycles. The Morgan fingerprint density at radius 3 is 2.41 bits per heavy atom. The van der Waals surface area contributed by atoms with Crippen LogP contribution < -0.4 is 0 Å². The minimum Gasteiger partial charge on any atom is -0.103 e. The van der Waals surface area contributed by atoms with E-state index in [9.17, 15) is 0 Å². The van der Waals surface area contributed by atoms with Crippen molar-refractivity contribution in [3.8, 4) is 0 Å². The molecule has 22 heavy (non-hydrogen) atoms. The Bertz CT molecular complexity index is 308. The van der Waals surface area contributed by atoms with E-state index in [1.165, 1.54) is 44.9 Å². The van der Waals surface area contributed by atoms with Gasteiger partial charge in [-0.05, 0) is 69.1 Å². The normalized spacial score (nSPS) is 15.6. The standard InChI is InChI=1S/C22H42/c1-8-10-11-13-19(3)14-12-15-20(4)17-21(5)18-22(6,7)16-9-2/h8,13,20-21H,1,9-12,14-18H2,2-7H3. The Hall–Kier alpha value is -0.520. The lowest BCUT2D eigenvalue weighted by Gasteiger charge is -2.29. The van der Waals surface area contributed by atoms with Crippen LogP contribution in [0.3, 0.4) is 0 Å². The Labute approximate surface area is 141 Å². The van der Waals surface area contributed by atoms with Gasteiger partial charge in [0.15, 0.2) is 0 Å². The van der Waals surface area contributed by atoms with E-state index in [1.807, 2.05) is 6.08 Å². The van der Waals surface area contributed by atoms with Crippen LogP contribution in [0.1, 0.15) is 99.3 Å². The summed E-state index contributed by atoms with van der Waals surface area (Å²) in [6.45, 7) is 18.1. The largest absolute Gasteiger partial charge is 0.103 e. The van der Waals surface area contributed by atoms with Crippen LogP contribution in [0.2, 0.25) is 0 Å². The van der Waals surface area contributed by atoms with Crippen LogP contribution in [0.5, 0.6) is 0 Å². The van der Waals surface area contributed by atoms with E-state index in [4.69, 9.17) is 0 Å². The minimum absolute atomic E-state index is 0.526. The molecule has 130 valence electrons. The summed E-state index contributed by atoms with van der Waals surface area (Å²) < 4.78 is 0. The van der Waals surface area contributed by atoms with E-state index in [0.29, 0.717) is 5.41 Å². The summed E-state index contributed by atoms with van der Waals surface area (Å²) in [4.78, 5) is 0. The zero-order valence-corrected chi connectivity index (χ0v) is 16.4. The van der Waals surface area contributed by atoms with Gasteiger partial charge in [-0.2, -0.15) is 0 Å². The zero-order chi connectivity index (χ0) is 17.0. The molecule has 0 amide bonds. The Kier molecular flexibility index (Phi) is 11.7. The van der Waals surface area contributed by atoms with Crippen LogP contribution in [0.15, 0.2) is 24.3 Å². The summed E-state index contributed by atoms with van der Waals surface area (Å²) in [6.07, 6.45) is 16.1. The molecule has 0 nitrogen and oxygen atoms in total. The molecule has 0 saturated carbocycles. The highest BCUT2D eigenvalue weighted by Gasteiger charge is 2.21. The maximum absolute atomic E-state index is 3.78. The molecule has 2 unspecified atom stereocenters. The van der Waals surface area contributed by atoms with Crippen molar-refractivity contribution in [2.75, 3.05) is 0 Å². The topological polar surface area (TPSA) is 0 Å². The Morgan fingerprint density at radius 1 is 1.14 bits per heavy atom. The van der Waals surface area contributed by atoms with E-state index in [-0.39, 0.29) is 0 Å². The monoisotopic (exact) mass is 306 g/mol. The second-order valence-corrected chi connectivity index (χ2v) is 8.37. The van der Waals surface area contributed by atoms with Crippen LogP contribution in [0.4, 0.5) is 0 Å². The van der Waals surface area contributed by atoms with Gasteiger partial charge in [0, 0.05) is 0 Å². The van der Waals surface area contributed by atoms with Gasteiger partial charge in [-0.15, -0.1) is 6.58 Å². The van der Waals surface area contributed by atoms with Crippen molar-refractivity contribution in [2.24, 2.45) is 17.3 Å². The van der Waals surface area contributed by atoms with Gasteiger partial charge in [-0.1, -0.05) is 65.2 Å². The third-order valence-electron chi connectivity index (χ3n) is 4.76. The predicted molar refractivity (Wildman–Crippen MR) is 103 cm³/mol. The van der Waals surface area contributed by atoms with Gasteiger partial charge in [-0.25, -0.2) is 0 Å². The molecule has 0 heteroatoms. The molecule has 0 aliphatic carbocycles. The average molecular weight is 307 g/mol. The first-order valence-electron chi connectivity index (χ1n) is 9.57. The van der Waals surface area contributed by atoms with E-state index in [0.717, 1.165) is 24.7 Å². The fourth-order valence-electron chi connectivity index (χ4n) is 3.89. The number of unbranched alkanes of at least 4 members (excludes halogenated alkanes) is 1. The fraction of sp³-hybridized carbons (Fsp3) is 0.818. The highest BCUT2D eigenvalue weighted by molar-refractivity contribution is 4.98. The van der Waals surface area contributed by atoms with Gasteiger partial charge in [0.05, 0.1) is 0 Å². The predicted octanol–water partition coefficient (Wildman–Crippen LogP) is 7.95. The lowest BCUT2D eigenvalue weighted by atomic mass is 9.77. The first-order chi connectivity index (χ1) is 10.3. The fourth-order valence-corrected chi connectivity index (χ4v) is 3.89. The average Bonchev–Trinajstić information content (AvgIpc) is 2.37. The Morgan fingerprint density at radius 2 is 1.82 bits per heavy atom. The highest BCUT2D eigenvalue weighted by Crippen LogP contribution is 2.33. The molecule has 0 fully saturated rings. The molecule has 0 rings (SSSR count). The molecule has 0 heterocycles. The van der Waals surface area contributed by atoms with Crippen molar-refractivity contribution in [1.29, 1.82) is 0 Å². The van der Waals surface area contributed by atoms with Crippen molar-refractivity contribution < 1.29 is 0 Å². The van der Waals surface area contributed by atoms with E-state index in [2.05, 4.69) is 54.2 Å². The van der Waals surface area contributed by atoms with Crippen molar-refractivity contribution in [3.05, 3.63) is 24.3 Å². The summed E-state index contributed by atoms with van der Waals surface area (Å²) in [6, 6.07) is 0. The molecule has 0 spiro atoms. The first kappa shape index (κ1) is 21.5. The molecule has 0 bridgehead atoms. The van der Waals surface area contributed by atoms with Gasteiger partial charge in [-0.3, -0.25) is 0 Å². The summed E-state index contributed by atoms with van der Waals surface area (Å²) in [5, 5.41) is 0. The van der Waals surface area contributed by atoms with Crippen molar-refractivity contribution in [1.82, 2.24) is 0 Å². The molecule has 0 aromatic rings. The molecule has 0 N–H and O–H groups in total. The van der Waals surface area contributed by atoms with Crippen molar-refractivity contribution in [3.63, 3.8) is 0 Å². The summed E-state index contributed by atoms with van der Waals surface area (Å²) in [5.41, 5.74) is 2.09. The SMILES string of the molecule is C=CCCC=C(C)CCCC(C)CC(C)CC(C)(C)CCC. The number of hydrogen-bond acceptors (Lipinski definition) is 0. The van der Waals surface area contributed by atoms with Crippen molar-refractivity contribution >= 4 is 0 Å². The van der Waals surface area contributed by atoms with Crippen molar-refractivity contribution in [2.45, 2.75) is 99.3 Å². The maximum atomic E-state index is 3.78. The smallest absolute Gasteiger partial charge is 0.0314 e. The van der Waals surface area contributed by atoms with Gasteiger partial charge in [0.2, 0.25) is 0 Å². The summed E-state index contributed by atoms with van der Waals surface area (Å²) in [7, 11) is 0. The van der Waals surface area contributed by atoms with E-state index >= 15 is 0 Å². The minimum atomic E-state index is 0.526. The van der Waals surface area contributed by atoms with Crippen LogP contribution in [-0.2, 0) is 0 Å². The van der Waals surface area contributed by atoms with Crippen LogP contribution in [0.25, 0.3) is 0 Å². The number of rotatable bonds is 13. The van der Waals surface area contributed by atoms with Gasteiger partial charge < -0.3 is 0 Å². The zero-order valence-electron chi connectivity index (χ0n) is 16.4. The number of allylic oxidation sites excluding steroid dienone is 3. The lowest BCUT2D eigenvalue weighted by Crippen LogP contribution is -2.17. The molecular formula is C22H42. The first-order valence-corrected chi connectivity index (χ1v) is 9.57. The third kappa shape index (κ3) is 12.1. The molecule has 0 aromatic heterocycles. The number of hydrogen-bond donors (Lipinski definition) is 0. The molecule has 0 saturated heterocycles. The Balaban J connectivity index is 3.91. The third-order valence-corrected chi connectivity index (χ3v) is 4.76. The molecule has 0 radical (unpaired) electrons. The second-order valence-electron chi connectivity index (χ2n) is 8.37. The molecule has 0 aliphatic rings. The quantitative estimate of drug-likeness (QED) is 0.239. The van der Waals surface area contributed by atoms with Crippen LogP contribution >= 0.6 is 0 Å². The van der Waals surface area contributed by atoms with Gasteiger partial charge >= 0.3 is 0 Å². The van der Waals surface area contributed by atoms with E-state index < -0.39 is 0 Å². The lowest BCUT2D eigenvalue weighted by molar-refractivity contribution is 0.229. The summed E-state index contributed by atoms with van der Waals surface area (Å²) >= 11 is 0. The second kappa shape index (κ2) is 12.0.